The first-order valence-electron chi connectivity index (χ1n) is 6.79. The van der Waals surface area contributed by atoms with Gasteiger partial charge in [0.15, 0.2) is 0 Å². The van der Waals surface area contributed by atoms with Gasteiger partial charge in [-0.3, -0.25) is 14.5 Å². The van der Waals surface area contributed by atoms with Crippen molar-refractivity contribution in [3.8, 4) is 0 Å². The van der Waals surface area contributed by atoms with Crippen molar-refractivity contribution in [3.05, 3.63) is 0 Å². The van der Waals surface area contributed by atoms with Crippen LogP contribution in [0.1, 0.15) is 44.9 Å². The van der Waals surface area contributed by atoms with Crippen molar-refractivity contribution >= 4 is 11.7 Å². The van der Waals surface area contributed by atoms with E-state index in [2.05, 4.69) is 10.2 Å². The Morgan fingerprint density at radius 2 is 1.82 bits per heavy atom. The van der Waals surface area contributed by atoms with E-state index in [-0.39, 0.29) is 5.91 Å². The number of piperidine rings is 2. The van der Waals surface area contributed by atoms with E-state index in [4.69, 9.17) is 0 Å². The topological polar surface area (TPSA) is 49.4 Å². The molecule has 0 saturated carbocycles. The van der Waals surface area contributed by atoms with Crippen LogP contribution >= 0.6 is 0 Å². The van der Waals surface area contributed by atoms with Crippen molar-refractivity contribution in [3.63, 3.8) is 0 Å². The van der Waals surface area contributed by atoms with Crippen molar-refractivity contribution in [1.29, 1.82) is 0 Å². The number of carbonyl (C=O) groups excluding carboxylic acids is 2. The molecular weight excluding hydrogens is 216 g/mol. The fourth-order valence-corrected chi connectivity index (χ4v) is 3.63. The number of hydrogen-bond donors (Lipinski definition) is 1. The molecule has 3 heterocycles. The molecule has 2 bridgehead atoms. The first-order chi connectivity index (χ1) is 8.22. The minimum Gasteiger partial charge on any atom is -0.352 e. The van der Waals surface area contributed by atoms with Crippen molar-refractivity contribution in [1.82, 2.24) is 10.2 Å². The van der Waals surface area contributed by atoms with E-state index in [1.165, 1.54) is 6.42 Å². The number of carbonyl (C=O) groups is 2. The Morgan fingerprint density at radius 1 is 1.12 bits per heavy atom. The van der Waals surface area contributed by atoms with Crippen LogP contribution in [0.4, 0.5) is 0 Å². The molecule has 3 rings (SSSR count). The molecule has 0 aromatic carbocycles. The molecule has 17 heavy (non-hydrogen) atoms. The van der Waals surface area contributed by atoms with E-state index in [0.29, 0.717) is 30.3 Å². The minimum absolute atomic E-state index is 0.188. The maximum absolute atomic E-state index is 11.6. The van der Waals surface area contributed by atoms with Gasteiger partial charge in [-0.05, 0) is 19.3 Å². The van der Waals surface area contributed by atoms with E-state index in [9.17, 15) is 9.59 Å². The molecule has 0 spiro atoms. The summed E-state index contributed by atoms with van der Waals surface area (Å²) in [6.45, 7) is 0.953. The van der Waals surface area contributed by atoms with E-state index < -0.39 is 0 Å². The summed E-state index contributed by atoms with van der Waals surface area (Å²) in [6.07, 6.45) is 6.67. The second-order valence-corrected chi connectivity index (χ2v) is 5.69. The smallest absolute Gasteiger partial charge is 0.220 e. The molecular formula is C13H20N2O2. The maximum atomic E-state index is 11.6. The molecule has 3 aliphatic heterocycles. The molecule has 3 unspecified atom stereocenters. The fraction of sp³-hybridized carbons (Fsp3) is 0.846. The average molecular weight is 236 g/mol. The number of rotatable bonds is 2. The molecule has 0 radical (unpaired) electrons. The molecule has 0 aromatic rings. The zero-order valence-electron chi connectivity index (χ0n) is 10.2. The summed E-state index contributed by atoms with van der Waals surface area (Å²) in [7, 11) is 0. The normalized spacial score (nSPS) is 38.2. The zero-order valence-corrected chi connectivity index (χ0v) is 10.2. The molecule has 1 amide bonds. The monoisotopic (exact) mass is 236 g/mol. The summed E-state index contributed by atoms with van der Waals surface area (Å²) in [5.41, 5.74) is 0. The van der Waals surface area contributed by atoms with Gasteiger partial charge in [0.1, 0.15) is 5.78 Å². The summed E-state index contributed by atoms with van der Waals surface area (Å²) in [5.74, 6) is 0.625. The molecule has 0 aliphatic carbocycles. The summed E-state index contributed by atoms with van der Waals surface area (Å²) < 4.78 is 0. The standard InChI is InChI=1S/C13H20N2O2/c16-12-6-10-2-1-3-11(7-12)15(10)8-9-4-5-13(17)14-9/h9-11H,1-8H2,(H,14,17). The van der Waals surface area contributed by atoms with Gasteiger partial charge in [-0.15, -0.1) is 0 Å². The third-order valence-electron chi connectivity index (χ3n) is 4.46. The van der Waals surface area contributed by atoms with Gasteiger partial charge in [0.25, 0.3) is 0 Å². The van der Waals surface area contributed by atoms with Crippen molar-refractivity contribution in [2.45, 2.75) is 63.1 Å². The van der Waals surface area contributed by atoms with E-state index in [1.54, 1.807) is 0 Å². The highest BCUT2D eigenvalue weighted by atomic mass is 16.2. The van der Waals surface area contributed by atoms with Crippen LogP contribution in [0.5, 0.6) is 0 Å². The van der Waals surface area contributed by atoms with E-state index in [1.807, 2.05) is 0 Å². The van der Waals surface area contributed by atoms with Gasteiger partial charge in [0.05, 0.1) is 0 Å². The quantitative estimate of drug-likeness (QED) is 0.773. The van der Waals surface area contributed by atoms with Gasteiger partial charge >= 0.3 is 0 Å². The maximum Gasteiger partial charge on any atom is 0.220 e. The van der Waals surface area contributed by atoms with Crippen LogP contribution in [0.15, 0.2) is 0 Å². The molecule has 3 atom stereocenters. The molecule has 1 N–H and O–H groups in total. The largest absolute Gasteiger partial charge is 0.352 e. The SMILES string of the molecule is O=C1CC2CCCC(C1)N2CC1CCC(=O)N1. The van der Waals surface area contributed by atoms with Crippen LogP contribution in [0.25, 0.3) is 0 Å². The van der Waals surface area contributed by atoms with Crippen LogP contribution in [0, 0.1) is 0 Å². The van der Waals surface area contributed by atoms with Gasteiger partial charge < -0.3 is 5.32 Å². The van der Waals surface area contributed by atoms with Gasteiger partial charge in [0, 0.05) is 43.9 Å². The van der Waals surface area contributed by atoms with Gasteiger partial charge in [-0.25, -0.2) is 0 Å². The molecule has 3 aliphatic rings. The minimum atomic E-state index is 0.188. The number of ketones is 1. The highest BCUT2D eigenvalue weighted by molar-refractivity contribution is 5.80. The van der Waals surface area contributed by atoms with Crippen LogP contribution in [-0.2, 0) is 9.59 Å². The first-order valence-corrected chi connectivity index (χ1v) is 6.79. The molecule has 0 aromatic heterocycles. The van der Waals surface area contributed by atoms with Crippen LogP contribution in [0.3, 0.4) is 0 Å². The summed E-state index contributed by atoms with van der Waals surface area (Å²) in [6, 6.07) is 1.22. The van der Waals surface area contributed by atoms with Gasteiger partial charge in [-0.2, -0.15) is 0 Å². The Morgan fingerprint density at radius 3 is 2.41 bits per heavy atom. The lowest BCUT2D eigenvalue weighted by molar-refractivity contribution is -0.127. The first kappa shape index (κ1) is 11.2. The Kier molecular flexibility index (Phi) is 2.90. The number of nitrogens with one attached hydrogen (secondary N) is 1. The summed E-state index contributed by atoms with van der Waals surface area (Å²) in [5, 5.41) is 3.04. The Labute approximate surface area is 102 Å². The number of Topliss-reactive ketones (excluding diaryl/α,β-unsaturated/α-hetero) is 1. The summed E-state index contributed by atoms with van der Waals surface area (Å²) >= 11 is 0. The lowest BCUT2D eigenvalue weighted by Crippen LogP contribution is -2.55. The van der Waals surface area contributed by atoms with Crippen LogP contribution < -0.4 is 5.32 Å². The van der Waals surface area contributed by atoms with Crippen molar-refractivity contribution < 1.29 is 9.59 Å². The zero-order chi connectivity index (χ0) is 11.8. The van der Waals surface area contributed by atoms with Crippen molar-refractivity contribution in [2.24, 2.45) is 0 Å². The van der Waals surface area contributed by atoms with Gasteiger partial charge in [-0.1, -0.05) is 6.42 Å². The Bertz CT molecular complexity index is 326. The number of nitrogens with zero attached hydrogens (tertiary/aromatic N) is 1. The number of fused-ring (bicyclic) bond motifs is 2. The predicted molar refractivity (Wildman–Crippen MR) is 63.5 cm³/mol. The van der Waals surface area contributed by atoms with Crippen molar-refractivity contribution in [2.75, 3.05) is 6.54 Å². The third-order valence-corrected chi connectivity index (χ3v) is 4.46. The molecule has 94 valence electrons. The molecule has 4 heteroatoms. The highest BCUT2D eigenvalue weighted by Gasteiger charge is 2.39. The average Bonchev–Trinajstić information content (AvgIpc) is 2.65. The predicted octanol–water partition coefficient (Wildman–Crippen LogP) is 0.851. The lowest BCUT2D eigenvalue weighted by atomic mass is 9.83. The number of amides is 1. The Balaban J connectivity index is 1.65. The molecule has 3 fully saturated rings. The Hall–Kier alpha value is -0.900. The fourth-order valence-electron chi connectivity index (χ4n) is 3.63. The summed E-state index contributed by atoms with van der Waals surface area (Å²) in [4.78, 5) is 25.3. The van der Waals surface area contributed by atoms with E-state index >= 15 is 0 Å². The molecule has 3 saturated heterocycles. The van der Waals surface area contributed by atoms with Crippen LogP contribution in [0.2, 0.25) is 0 Å². The van der Waals surface area contributed by atoms with Gasteiger partial charge in [0.2, 0.25) is 5.91 Å². The number of hydrogen-bond acceptors (Lipinski definition) is 3. The van der Waals surface area contributed by atoms with Crippen LogP contribution in [-0.4, -0.2) is 41.3 Å². The second kappa shape index (κ2) is 4.41. The highest BCUT2D eigenvalue weighted by Crippen LogP contribution is 2.32. The second-order valence-electron chi connectivity index (χ2n) is 5.69. The van der Waals surface area contributed by atoms with E-state index in [0.717, 1.165) is 38.6 Å². The third kappa shape index (κ3) is 2.23. The lowest BCUT2D eigenvalue weighted by Gasteiger charge is -2.46. The molecule has 4 nitrogen and oxygen atoms in total.